The average molecular weight is 423 g/mol. The van der Waals surface area contributed by atoms with E-state index in [4.69, 9.17) is 9.47 Å². The topological polar surface area (TPSA) is 98.0 Å². The lowest BCUT2D eigenvalue weighted by molar-refractivity contribution is -0.164. The monoisotopic (exact) mass is 423 g/mol. The maximum atomic E-state index is 12.7. The molecular formula is C24H25NO6. The summed E-state index contributed by atoms with van der Waals surface area (Å²) >= 11 is 0. The number of carbonyl (C=O) groups is 2. The molecule has 0 bridgehead atoms. The summed E-state index contributed by atoms with van der Waals surface area (Å²) in [6.07, 6.45) is 0.500. The van der Waals surface area contributed by atoms with Gasteiger partial charge >= 0.3 is 11.9 Å². The van der Waals surface area contributed by atoms with Gasteiger partial charge in [-0.1, -0.05) is 60.7 Å². The largest absolute Gasteiger partial charge is 0.494 e. The van der Waals surface area contributed by atoms with E-state index in [-0.39, 0.29) is 37.9 Å². The summed E-state index contributed by atoms with van der Waals surface area (Å²) < 4.78 is 12.0. The minimum Gasteiger partial charge on any atom is -0.494 e. The van der Waals surface area contributed by atoms with E-state index >= 15 is 0 Å². The number of benzene rings is 2. The van der Waals surface area contributed by atoms with Crippen LogP contribution in [0.15, 0.2) is 72.8 Å². The molecule has 7 heteroatoms. The molecule has 162 valence electrons. The van der Waals surface area contributed by atoms with Crippen LogP contribution in [0.2, 0.25) is 0 Å². The van der Waals surface area contributed by atoms with Gasteiger partial charge in [0.2, 0.25) is 0 Å². The SMILES string of the molecule is O=C(OCc1ccccc1)C(CCCn1c(O)ccc1O)C(=O)OCc1ccccc1. The molecule has 0 saturated heterocycles. The van der Waals surface area contributed by atoms with E-state index in [1.54, 1.807) is 0 Å². The van der Waals surface area contributed by atoms with Crippen molar-refractivity contribution in [3.63, 3.8) is 0 Å². The zero-order valence-corrected chi connectivity index (χ0v) is 17.0. The molecule has 0 spiro atoms. The van der Waals surface area contributed by atoms with E-state index in [1.807, 2.05) is 60.7 Å². The van der Waals surface area contributed by atoms with Crippen molar-refractivity contribution >= 4 is 11.9 Å². The Morgan fingerprint density at radius 2 is 1.19 bits per heavy atom. The second-order valence-electron chi connectivity index (χ2n) is 7.08. The number of rotatable bonds is 10. The quantitative estimate of drug-likeness (QED) is 0.380. The molecule has 1 heterocycles. The molecule has 0 atom stereocenters. The van der Waals surface area contributed by atoms with Crippen LogP contribution in [0, 0.1) is 5.92 Å². The summed E-state index contributed by atoms with van der Waals surface area (Å²) in [6, 6.07) is 21.1. The van der Waals surface area contributed by atoms with Crippen molar-refractivity contribution < 1.29 is 29.3 Å². The third-order valence-electron chi connectivity index (χ3n) is 4.83. The van der Waals surface area contributed by atoms with Crippen molar-refractivity contribution in [3.8, 4) is 11.8 Å². The van der Waals surface area contributed by atoms with Crippen LogP contribution in [-0.4, -0.2) is 26.7 Å². The fourth-order valence-corrected chi connectivity index (χ4v) is 3.12. The van der Waals surface area contributed by atoms with Crippen molar-refractivity contribution in [2.75, 3.05) is 0 Å². The van der Waals surface area contributed by atoms with Gasteiger partial charge in [0, 0.05) is 18.7 Å². The van der Waals surface area contributed by atoms with Gasteiger partial charge < -0.3 is 19.7 Å². The number of carbonyl (C=O) groups excluding carboxylic acids is 2. The molecule has 3 aromatic rings. The van der Waals surface area contributed by atoms with Crippen LogP contribution < -0.4 is 0 Å². The van der Waals surface area contributed by atoms with Gasteiger partial charge in [0.1, 0.15) is 13.2 Å². The first kappa shape index (κ1) is 22.0. The molecule has 0 aliphatic heterocycles. The van der Waals surface area contributed by atoms with Gasteiger partial charge in [-0.3, -0.25) is 14.2 Å². The molecule has 0 aliphatic rings. The van der Waals surface area contributed by atoms with Crippen molar-refractivity contribution in [1.82, 2.24) is 4.57 Å². The van der Waals surface area contributed by atoms with Crippen molar-refractivity contribution in [1.29, 1.82) is 0 Å². The van der Waals surface area contributed by atoms with Gasteiger partial charge in [0.15, 0.2) is 17.7 Å². The molecule has 0 aliphatic carbocycles. The fourth-order valence-electron chi connectivity index (χ4n) is 3.12. The van der Waals surface area contributed by atoms with Gasteiger partial charge in [-0.15, -0.1) is 0 Å². The zero-order chi connectivity index (χ0) is 22.1. The Hall–Kier alpha value is -3.74. The van der Waals surface area contributed by atoms with Crippen molar-refractivity contribution in [2.24, 2.45) is 5.92 Å². The van der Waals surface area contributed by atoms with E-state index in [0.29, 0.717) is 6.42 Å². The molecule has 0 saturated carbocycles. The Kier molecular flexibility index (Phi) is 7.70. The summed E-state index contributed by atoms with van der Waals surface area (Å²) in [4.78, 5) is 25.3. The third-order valence-corrected chi connectivity index (χ3v) is 4.83. The standard InChI is InChI=1S/C24H25NO6/c26-21-13-14-22(27)25(21)15-7-12-20(23(28)30-16-18-8-3-1-4-9-18)24(29)31-17-19-10-5-2-6-11-19/h1-6,8-11,13-14,20,26-27H,7,12,15-17H2. The van der Waals surface area contributed by atoms with Crippen LogP contribution in [0.1, 0.15) is 24.0 Å². The molecule has 7 nitrogen and oxygen atoms in total. The second kappa shape index (κ2) is 10.9. The molecule has 0 unspecified atom stereocenters. The lowest BCUT2D eigenvalue weighted by Gasteiger charge is -2.16. The first-order valence-electron chi connectivity index (χ1n) is 10.0. The normalized spacial score (nSPS) is 10.7. The Labute approximate surface area is 180 Å². The van der Waals surface area contributed by atoms with Crippen LogP contribution in [0.4, 0.5) is 0 Å². The van der Waals surface area contributed by atoms with Crippen LogP contribution in [0.3, 0.4) is 0 Å². The number of ether oxygens (including phenoxy) is 2. The fraction of sp³-hybridized carbons (Fsp3) is 0.250. The summed E-state index contributed by atoms with van der Waals surface area (Å²) in [5, 5.41) is 19.5. The average Bonchev–Trinajstić information content (AvgIpc) is 3.12. The van der Waals surface area contributed by atoms with Gasteiger partial charge in [0.05, 0.1) is 0 Å². The molecule has 1 aromatic heterocycles. The maximum Gasteiger partial charge on any atom is 0.320 e. The summed E-state index contributed by atoms with van der Waals surface area (Å²) in [5.74, 6) is -2.61. The van der Waals surface area contributed by atoms with E-state index in [0.717, 1.165) is 11.1 Å². The molecular weight excluding hydrogens is 398 g/mol. The highest BCUT2D eigenvalue weighted by molar-refractivity contribution is 5.94. The lowest BCUT2D eigenvalue weighted by Crippen LogP contribution is -2.28. The van der Waals surface area contributed by atoms with Gasteiger partial charge in [-0.05, 0) is 24.0 Å². The molecule has 2 N–H and O–H groups in total. The molecule has 0 amide bonds. The highest BCUT2D eigenvalue weighted by atomic mass is 16.6. The number of aromatic hydroxyl groups is 2. The highest BCUT2D eigenvalue weighted by Gasteiger charge is 2.29. The molecule has 2 aromatic carbocycles. The minimum atomic E-state index is -1.10. The third kappa shape index (κ3) is 6.37. The molecule has 0 fully saturated rings. The van der Waals surface area contributed by atoms with Crippen molar-refractivity contribution in [2.45, 2.75) is 32.6 Å². The number of hydrogen-bond acceptors (Lipinski definition) is 6. The molecule has 0 radical (unpaired) electrons. The van der Waals surface area contributed by atoms with E-state index in [2.05, 4.69) is 0 Å². The second-order valence-corrected chi connectivity index (χ2v) is 7.08. The van der Waals surface area contributed by atoms with E-state index in [9.17, 15) is 19.8 Å². The zero-order valence-electron chi connectivity index (χ0n) is 17.0. The predicted molar refractivity (Wildman–Crippen MR) is 113 cm³/mol. The number of nitrogens with zero attached hydrogens (tertiary/aromatic N) is 1. The first-order chi connectivity index (χ1) is 15.0. The Morgan fingerprint density at radius 1 is 0.742 bits per heavy atom. The highest BCUT2D eigenvalue weighted by Crippen LogP contribution is 2.23. The van der Waals surface area contributed by atoms with E-state index in [1.165, 1.54) is 16.7 Å². The van der Waals surface area contributed by atoms with Crippen LogP contribution in [-0.2, 0) is 38.8 Å². The Bertz CT molecular complexity index is 909. The molecule has 31 heavy (non-hydrogen) atoms. The lowest BCUT2D eigenvalue weighted by atomic mass is 10.0. The van der Waals surface area contributed by atoms with Crippen LogP contribution >= 0.6 is 0 Å². The van der Waals surface area contributed by atoms with E-state index < -0.39 is 17.9 Å². The minimum absolute atomic E-state index is 0.0569. The number of aromatic nitrogens is 1. The predicted octanol–water partition coefficient (Wildman–Crippen LogP) is 3.78. The van der Waals surface area contributed by atoms with Crippen LogP contribution in [0.5, 0.6) is 11.8 Å². The smallest absolute Gasteiger partial charge is 0.320 e. The van der Waals surface area contributed by atoms with Crippen molar-refractivity contribution in [3.05, 3.63) is 83.9 Å². The summed E-state index contributed by atoms with van der Waals surface area (Å²) in [5.41, 5.74) is 1.63. The summed E-state index contributed by atoms with van der Waals surface area (Å²) in [7, 11) is 0. The van der Waals surface area contributed by atoms with Gasteiger partial charge in [-0.2, -0.15) is 0 Å². The van der Waals surface area contributed by atoms with Gasteiger partial charge in [-0.25, -0.2) is 0 Å². The maximum absolute atomic E-state index is 12.7. The Morgan fingerprint density at radius 3 is 1.65 bits per heavy atom. The van der Waals surface area contributed by atoms with Crippen LogP contribution in [0.25, 0.3) is 0 Å². The van der Waals surface area contributed by atoms with Gasteiger partial charge in [0.25, 0.3) is 0 Å². The number of esters is 2. The number of hydrogen-bond donors (Lipinski definition) is 2. The first-order valence-corrected chi connectivity index (χ1v) is 10.0. The Balaban J connectivity index is 1.61. The molecule has 3 rings (SSSR count). The summed E-state index contributed by atoms with van der Waals surface area (Å²) in [6.45, 7) is 0.349.